The second-order valence-electron chi connectivity index (χ2n) is 7.89. The van der Waals surface area contributed by atoms with Gasteiger partial charge >= 0.3 is 5.97 Å². The summed E-state index contributed by atoms with van der Waals surface area (Å²) in [6.07, 6.45) is 0. The summed E-state index contributed by atoms with van der Waals surface area (Å²) in [7, 11) is 0.644. The van der Waals surface area contributed by atoms with E-state index >= 15 is 0 Å². The number of ether oxygens (including phenoxy) is 2. The van der Waals surface area contributed by atoms with E-state index in [0.29, 0.717) is 11.3 Å². The maximum Gasteiger partial charge on any atom is 0.329 e. The summed E-state index contributed by atoms with van der Waals surface area (Å²) in [6, 6.07) is 11.1. The van der Waals surface area contributed by atoms with E-state index in [9.17, 15) is 22.8 Å². The minimum Gasteiger partial charge on any atom is -0.497 e. The molecule has 0 radical (unpaired) electrons. The first-order valence-corrected chi connectivity index (χ1v) is 11.8. The third kappa shape index (κ3) is 7.03. The molecule has 1 atom stereocenters. The van der Waals surface area contributed by atoms with Gasteiger partial charge in [-0.25, -0.2) is 17.5 Å². The van der Waals surface area contributed by atoms with Gasteiger partial charge in [0.2, 0.25) is 10.0 Å². The fourth-order valence-corrected chi connectivity index (χ4v) is 3.78. The number of benzene rings is 2. The topological polar surface area (TPSA) is 131 Å². The van der Waals surface area contributed by atoms with E-state index in [0.717, 1.165) is 4.31 Å². The van der Waals surface area contributed by atoms with Crippen molar-refractivity contribution in [1.82, 2.24) is 9.62 Å². The van der Waals surface area contributed by atoms with Gasteiger partial charge in [-0.3, -0.25) is 9.59 Å². The van der Waals surface area contributed by atoms with Crippen LogP contribution in [0.1, 0.15) is 24.2 Å². The highest BCUT2D eigenvalue weighted by Gasteiger charge is 2.27. The van der Waals surface area contributed by atoms with Crippen LogP contribution in [0.3, 0.4) is 0 Å². The van der Waals surface area contributed by atoms with Gasteiger partial charge in [0, 0.05) is 25.3 Å². The van der Waals surface area contributed by atoms with Crippen LogP contribution >= 0.6 is 0 Å². The third-order valence-corrected chi connectivity index (χ3v) is 6.61. The summed E-state index contributed by atoms with van der Waals surface area (Å²) in [4.78, 5) is 37.3. The fraction of sp³-hybridized carbons (Fsp3) is 0.348. The Morgan fingerprint density at radius 1 is 1.03 bits per heavy atom. The van der Waals surface area contributed by atoms with Crippen LogP contribution in [0.2, 0.25) is 0 Å². The first-order valence-electron chi connectivity index (χ1n) is 10.4. The molecule has 2 aromatic carbocycles. The highest BCUT2D eigenvalue weighted by molar-refractivity contribution is 7.89. The number of rotatable bonds is 10. The summed E-state index contributed by atoms with van der Waals surface area (Å²) in [6.45, 7) is 2.86. The summed E-state index contributed by atoms with van der Waals surface area (Å²) in [5, 5.41) is 5.12. The molecule has 0 spiro atoms. The van der Waals surface area contributed by atoms with Gasteiger partial charge in [-0.1, -0.05) is 19.9 Å². The zero-order chi connectivity index (χ0) is 25.5. The Kier molecular flexibility index (Phi) is 9.16. The van der Waals surface area contributed by atoms with Crippen LogP contribution in [0, 0.1) is 5.92 Å². The maximum atomic E-state index is 12.5. The number of carbonyl (C=O) groups is 3. The molecule has 2 amide bonds. The van der Waals surface area contributed by atoms with Crippen molar-refractivity contribution >= 4 is 33.5 Å². The molecular formula is C23H29N3O7S. The SMILES string of the molecule is COc1ccc(C(=O)NC(C(=O)OCC(=O)Nc2cccc(S(=O)(=O)N(C)C)c2)C(C)C)cc1. The molecule has 10 nitrogen and oxygen atoms in total. The molecule has 1 unspecified atom stereocenters. The van der Waals surface area contributed by atoms with Gasteiger partial charge in [-0.15, -0.1) is 0 Å². The van der Waals surface area contributed by atoms with Crippen LogP contribution in [0.25, 0.3) is 0 Å². The largest absolute Gasteiger partial charge is 0.497 e. The highest BCUT2D eigenvalue weighted by Crippen LogP contribution is 2.18. The number of nitrogens with one attached hydrogen (secondary N) is 2. The zero-order valence-corrected chi connectivity index (χ0v) is 20.5. The minimum atomic E-state index is -3.67. The molecule has 184 valence electrons. The van der Waals surface area contributed by atoms with Crippen LogP contribution < -0.4 is 15.4 Å². The quantitative estimate of drug-likeness (QED) is 0.485. The lowest BCUT2D eigenvalue weighted by molar-refractivity contribution is -0.150. The van der Waals surface area contributed by atoms with Crippen LogP contribution in [0.5, 0.6) is 5.75 Å². The van der Waals surface area contributed by atoms with Crippen molar-refractivity contribution in [2.45, 2.75) is 24.8 Å². The molecule has 0 fully saturated rings. The van der Waals surface area contributed by atoms with Gasteiger partial charge < -0.3 is 20.1 Å². The highest BCUT2D eigenvalue weighted by atomic mass is 32.2. The van der Waals surface area contributed by atoms with E-state index in [1.54, 1.807) is 38.1 Å². The first kappa shape index (κ1) is 26.8. The van der Waals surface area contributed by atoms with Crippen LogP contribution in [-0.2, 0) is 24.3 Å². The Morgan fingerprint density at radius 3 is 2.24 bits per heavy atom. The van der Waals surface area contributed by atoms with Crippen molar-refractivity contribution in [1.29, 1.82) is 0 Å². The molecule has 2 rings (SSSR count). The van der Waals surface area contributed by atoms with E-state index in [2.05, 4.69) is 10.6 Å². The van der Waals surface area contributed by atoms with E-state index < -0.39 is 40.5 Å². The molecule has 2 aromatic rings. The molecule has 0 heterocycles. The Morgan fingerprint density at radius 2 is 1.68 bits per heavy atom. The average Bonchev–Trinajstić information content (AvgIpc) is 2.80. The summed E-state index contributed by atoms with van der Waals surface area (Å²) < 4.78 is 35.7. The number of amides is 2. The Balaban J connectivity index is 1.98. The van der Waals surface area contributed by atoms with Crippen molar-refractivity contribution in [2.75, 3.05) is 33.1 Å². The number of anilines is 1. The van der Waals surface area contributed by atoms with Gasteiger partial charge in [0.15, 0.2) is 6.61 Å². The molecule has 0 aliphatic rings. The third-order valence-electron chi connectivity index (χ3n) is 4.80. The van der Waals surface area contributed by atoms with Gasteiger partial charge in [-0.2, -0.15) is 0 Å². The number of hydrogen-bond acceptors (Lipinski definition) is 7. The van der Waals surface area contributed by atoms with Gasteiger partial charge in [0.05, 0.1) is 12.0 Å². The van der Waals surface area contributed by atoms with Crippen molar-refractivity contribution < 1.29 is 32.3 Å². The molecule has 34 heavy (non-hydrogen) atoms. The van der Waals surface area contributed by atoms with Gasteiger partial charge in [0.1, 0.15) is 11.8 Å². The Hall–Kier alpha value is -3.44. The molecule has 0 bridgehead atoms. The average molecular weight is 492 g/mol. The summed E-state index contributed by atoms with van der Waals surface area (Å²) in [5.41, 5.74) is 0.571. The van der Waals surface area contributed by atoms with E-state index in [1.165, 1.54) is 45.5 Å². The lowest BCUT2D eigenvalue weighted by Crippen LogP contribution is -2.45. The summed E-state index contributed by atoms with van der Waals surface area (Å²) in [5.74, 6) is -1.60. The minimum absolute atomic E-state index is 0.00779. The number of carbonyl (C=O) groups excluding carboxylic acids is 3. The Bertz CT molecular complexity index is 1130. The van der Waals surface area contributed by atoms with E-state index in [4.69, 9.17) is 9.47 Å². The second-order valence-corrected chi connectivity index (χ2v) is 10.0. The second kappa shape index (κ2) is 11.6. The van der Waals surface area contributed by atoms with E-state index in [1.807, 2.05) is 0 Å². The molecule has 11 heteroatoms. The molecular weight excluding hydrogens is 462 g/mol. The number of methoxy groups -OCH3 is 1. The number of hydrogen-bond donors (Lipinski definition) is 2. The molecule has 0 aromatic heterocycles. The number of esters is 1. The van der Waals surface area contributed by atoms with Crippen molar-refractivity contribution in [3.05, 3.63) is 54.1 Å². The van der Waals surface area contributed by atoms with Crippen molar-refractivity contribution in [3.63, 3.8) is 0 Å². The lowest BCUT2D eigenvalue weighted by Gasteiger charge is -2.21. The van der Waals surface area contributed by atoms with Crippen LogP contribution in [0.4, 0.5) is 5.69 Å². The lowest BCUT2D eigenvalue weighted by atomic mass is 10.0. The monoisotopic (exact) mass is 491 g/mol. The van der Waals surface area contributed by atoms with Crippen LogP contribution in [0.15, 0.2) is 53.4 Å². The van der Waals surface area contributed by atoms with E-state index in [-0.39, 0.29) is 16.5 Å². The van der Waals surface area contributed by atoms with Crippen LogP contribution in [-0.4, -0.2) is 64.4 Å². The molecule has 0 saturated carbocycles. The van der Waals surface area contributed by atoms with Gasteiger partial charge in [0.25, 0.3) is 11.8 Å². The normalized spacial score (nSPS) is 12.2. The predicted octanol–water partition coefficient (Wildman–Crippen LogP) is 1.88. The molecule has 0 aliphatic carbocycles. The molecule has 2 N–H and O–H groups in total. The number of sulfonamides is 1. The standard InChI is InChI=1S/C23H29N3O7S/c1-15(2)21(25-22(28)16-9-11-18(32-5)12-10-16)23(29)33-14-20(27)24-17-7-6-8-19(13-17)34(30,31)26(3)4/h6-13,15,21H,14H2,1-5H3,(H,24,27)(H,25,28). The molecule has 0 aliphatic heterocycles. The smallest absolute Gasteiger partial charge is 0.329 e. The number of nitrogens with zero attached hydrogens (tertiary/aromatic N) is 1. The summed E-state index contributed by atoms with van der Waals surface area (Å²) >= 11 is 0. The van der Waals surface area contributed by atoms with Crippen molar-refractivity contribution in [2.24, 2.45) is 5.92 Å². The van der Waals surface area contributed by atoms with Gasteiger partial charge in [-0.05, 0) is 48.4 Å². The molecule has 0 saturated heterocycles. The predicted molar refractivity (Wildman–Crippen MR) is 126 cm³/mol. The fourth-order valence-electron chi connectivity index (χ4n) is 2.83. The zero-order valence-electron chi connectivity index (χ0n) is 19.7. The maximum absolute atomic E-state index is 12.5. The first-order chi connectivity index (χ1) is 15.9. The van der Waals surface area contributed by atoms with Crippen molar-refractivity contribution in [3.8, 4) is 5.75 Å². The Labute approximate surface area is 199 Å².